The fraction of sp³-hybridized carbons (Fsp3) is 1.00. The SMILES string of the molecule is CC1(C)CCN(S(=O)(=O)N2CCCNCC2)CCS1. The molecule has 0 unspecified atom stereocenters. The summed E-state index contributed by atoms with van der Waals surface area (Å²) in [7, 11) is -3.27. The number of nitrogens with zero attached hydrogens (tertiary/aromatic N) is 2. The van der Waals surface area contributed by atoms with Gasteiger partial charge in [0.2, 0.25) is 0 Å². The number of hydrogen-bond acceptors (Lipinski definition) is 4. The van der Waals surface area contributed by atoms with Crippen molar-refractivity contribution in [3.05, 3.63) is 0 Å². The van der Waals surface area contributed by atoms with E-state index in [1.807, 2.05) is 11.8 Å². The number of rotatable bonds is 2. The number of nitrogens with one attached hydrogen (secondary N) is 1. The Morgan fingerprint density at radius 1 is 1.05 bits per heavy atom. The van der Waals surface area contributed by atoms with Crippen molar-refractivity contribution in [2.75, 3.05) is 45.0 Å². The maximum Gasteiger partial charge on any atom is 0.282 e. The zero-order valence-electron chi connectivity index (χ0n) is 11.9. The van der Waals surface area contributed by atoms with Crippen molar-refractivity contribution in [3.8, 4) is 0 Å². The summed E-state index contributed by atoms with van der Waals surface area (Å²) in [5.74, 6) is 0.887. The highest BCUT2D eigenvalue weighted by Gasteiger charge is 2.33. The predicted octanol–water partition coefficient (Wildman–Crippen LogP) is 0.744. The van der Waals surface area contributed by atoms with Gasteiger partial charge >= 0.3 is 0 Å². The van der Waals surface area contributed by atoms with Crippen LogP contribution in [-0.4, -0.2) is 66.8 Å². The molecule has 19 heavy (non-hydrogen) atoms. The van der Waals surface area contributed by atoms with Crippen LogP contribution in [0.1, 0.15) is 26.7 Å². The third-order valence-corrected chi connectivity index (χ3v) is 7.16. The second kappa shape index (κ2) is 6.30. The summed E-state index contributed by atoms with van der Waals surface area (Å²) in [6, 6.07) is 0. The van der Waals surface area contributed by atoms with E-state index < -0.39 is 10.2 Å². The van der Waals surface area contributed by atoms with E-state index in [-0.39, 0.29) is 4.75 Å². The molecule has 0 saturated carbocycles. The highest BCUT2D eigenvalue weighted by Crippen LogP contribution is 2.31. The molecule has 2 aliphatic rings. The Labute approximate surface area is 121 Å². The smallest absolute Gasteiger partial charge is 0.282 e. The van der Waals surface area contributed by atoms with Crippen molar-refractivity contribution in [1.29, 1.82) is 0 Å². The van der Waals surface area contributed by atoms with Gasteiger partial charge in [-0.3, -0.25) is 0 Å². The van der Waals surface area contributed by atoms with Crippen molar-refractivity contribution < 1.29 is 8.42 Å². The lowest BCUT2D eigenvalue weighted by Crippen LogP contribution is -2.46. The van der Waals surface area contributed by atoms with Gasteiger partial charge in [0.15, 0.2) is 0 Å². The average molecular weight is 307 g/mol. The van der Waals surface area contributed by atoms with Gasteiger partial charge in [-0.1, -0.05) is 13.8 Å². The van der Waals surface area contributed by atoms with Crippen LogP contribution in [0.3, 0.4) is 0 Å². The van der Waals surface area contributed by atoms with Gasteiger partial charge in [-0.15, -0.1) is 0 Å². The van der Waals surface area contributed by atoms with Crippen LogP contribution in [0.25, 0.3) is 0 Å². The Kier molecular flexibility index (Phi) is 5.16. The summed E-state index contributed by atoms with van der Waals surface area (Å²) in [6.45, 7) is 8.58. The fourth-order valence-electron chi connectivity index (χ4n) is 2.45. The van der Waals surface area contributed by atoms with Crippen LogP contribution in [0.2, 0.25) is 0 Å². The molecule has 0 aliphatic carbocycles. The average Bonchev–Trinajstić information content (AvgIpc) is 2.69. The first-order valence-corrected chi connectivity index (χ1v) is 9.40. The molecule has 2 heterocycles. The molecule has 2 rings (SSSR count). The Balaban J connectivity index is 2.06. The molecule has 0 radical (unpaired) electrons. The van der Waals surface area contributed by atoms with E-state index >= 15 is 0 Å². The van der Waals surface area contributed by atoms with Crippen molar-refractivity contribution in [2.24, 2.45) is 0 Å². The van der Waals surface area contributed by atoms with Crippen molar-refractivity contribution in [3.63, 3.8) is 0 Å². The molecular weight excluding hydrogens is 282 g/mol. The Morgan fingerprint density at radius 3 is 2.58 bits per heavy atom. The number of thioether (sulfide) groups is 1. The highest BCUT2D eigenvalue weighted by atomic mass is 32.2. The molecule has 7 heteroatoms. The lowest BCUT2D eigenvalue weighted by Gasteiger charge is -2.28. The van der Waals surface area contributed by atoms with Crippen LogP contribution in [0.15, 0.2) is 0 Å². The van der Waals surface area contributed by atoms with E-state index in [9.17, 15) is 8.42 Å². The molecule has 0 aromatic carbocycles. The van der Waals surface area contributed by atoms with Crippen LogP contribution >= 0.6 is 11.8 Å². The molecule has 0 spiro atoms. The topological polar surface area (TPSA) is 52.7 Å². The molecule has 0 aromatic heterocycles. The zero-order valence-corrected chi connectivity index (χ0v) is 13.5. The van der Waals surface area contributed by atoms with Gasteiger partial charge in [0.1, 0.15) is 0 Å². The van der Waals surface area contributed by atoms with Gasteiger partial charge in [0, 0.05) is 43.2 Å². The molecule has 0 atom stereocenters. The summed E-state index contributed by atoms with van der Waals surface area (Å²) in [5, 5.41) is 3.25. The summed E-state index contributed by atoms with van der Waals surface area (Å²) >= 11 is 1.87. The summed E-state index contributed by atoms with van der Waals surface area (Å²) in [5.41, 5.74) is 0. The van der Waals surface area contributed by atoms with Crippen LogP contribution in [0, 0.1) is 0 Å². The second-order valence-electron chi connectivity index (χ2n) is 5.77. The van der Waals surface area contributed by atoms with Gasteiger partial charge in [-0.25, -0.2) is 0 Å². The fourth-order valence-corrected chi connectivity index (χ4v) is 5.32. The summed E-state index contributed by atoms with van der Waals surface area (Å²) in [6.07, 6.45) is 1.82. The quantitative estimate of drug-likeness (QED) is 0.818. The molecule has 0 aromatic rings. The Morgan fingerprint density at radius 2 is 1.79 bits per heavy atom. The minimum atomic E-state index is -3.27. The van der Waals surface area contributed by atoms with Crippen LogP contribution < -0.4 is 5.32 Å². The third-order valence-electron chi connectivity index (χ3n) is 3.75. The van der Waals surface area contributed by atoms with Crippen molar-refractivity contribution >= 4 is 22.0 Å². The molecule has 2 fully saturated rings. The van der Waals surface area contributed by atoms with Crippen molar-refractivity contribution in [1.82, 2.24) is 13.9 Å². The third kappa shape index (κ3) is 4.07. The molecule has 112 valence electrons. The predicted molar refractivity (Wildman–Crippen MR) is 80.7 cm³/mol. The van der Waals surface area contributed by atoms with E-state index in [4.69, 9.17) is 0 Å². The number of hydrogen-bond donors (Lipinski definition) is 1. The summed E-state index contributed by atoms with van der Waals surface area (Å²) < 4.78 is 28.9. The van der Waals surface area contributed by atoms with Gasteiger partial charge in [0.25, 0.3) is 10.2 Å². The molecule has 2 aliphatic heterocycles. The van der Waals surface area contributed by atoms with Gasteiger partial charge in [-0.2, -0.15) is 28.8 Å². The van der Waals surface area contributed by atoms with Gasteiger partial charge in [-0.05, 0) is 19.4 Å². The van der Waals surface area contributed by atoms with E-state index in [0.717, 1.165) is 31.7 Å². The lowest BCUT2D eigenvalue weighted by atomic mass is 10.1. The van der Waals surface area contributed by atoms with E-state index in [1.165, 1.54) is 0 Å². The van der Waals surface area contributed by atoms with Crippen LogP contribution in [0.5, 0.6) is 0 Å². The van der Waals surface area contributed by atoms with Gasteiger partial charge < -0.3 is 5.32 Å². The minimum Gasteiger partial charge on any atom is -0.315 e. The van der Waals surface area contributed by atoms with E-state index in [0.29, 0.717) is 26.2 Å². The normalized spacial score (nSPS) is 27.7. The monoisotopic (exact) mass is 307 g/mol. The summed E-state index contributed by atoms with van der Waals surface area (Å²) in [4.78, 5) is 0. The Hall–Kier alpha value is 0.180. The first-order valence-electron chi connectivity index (χ1n) is 7.02. The second-order valence-corrected chi connectivity index (χ2v) is 9.50. The molecule has 5 nitrogen and oxygen atoms in total. The first-order chi connectivity index (χ1) is 8.92. The van der Waals surface area contributed by atoms with E-state index in [2.05, 4.69) is 19.2 Å². The molecular formula is C12H25N3O2S2. The Bertz CT molecular complexity index is 390. The molecule has 0 amide bonds. The lowest BCUT2D eigenvalue weighted by molar-refractivity contribution is 0.347. The molecule has 0 bridgehead atoms. The zero-order chi connectivity index (χ0) is 13.9. The van der Waals surface area contributed by atoms with E-state index in [1.54, 1.807) is 8.61 Å². The van der Waals surface area contributed by atoms with Gasteiger partial charge in [0.05, 0.1) is 0 Å². The molecule has 2 saturated heterocycles. The maximum atomic E-state index is 12.7. The highest BCUT2D eigenvalue weighted by molar-refractivity contribution is 8.00. The van der Waals surface area contributed by atoms with Crippen molar-refractivity contribution in [2.45, 2.75) is 31.4 Å². The first kappa shape index (κ1) is 15.6. The maximum absolute atomic E-state index is 12.7. The largest absolute Gasteiger partial charge is 0.315 e. The standard InChI is InChI=1S/C12H25N3O2S2/c1-12(2)4-8-15(10-11-18-12)19(16,17)14-7-3-5-13-6-9-14/h13H,3-11H2,1-2H3. The van der Waals surface area contributed by atoms with Crippen LogP contribution in [0.4, 0.5) is 0 Å². The minimum absolute atomic E-state index is 0.185. The van der Waals surface area contributed by atoms with Crippen LogP contribution in [-0.2, 0) is 10.2 Å². The molecule has 1 N–H and O–H groups in total.